The van der Waals surface area contributed by atoms with Crippen molar-refractivity contribution in [2.45, 2.75) is 20.0 Å². The lowest BCUT2D eigenvalue weighted by atomic mass is 10.1. The zero-order valence-electron chi connectivity index (χ0n) is 15.8. The Morgan fingerprint density at radius 3 is 2.61 bits per heavy atom. The van der Waals surface area contributed by atoms with Crippen molar-refractivity contribution < 1.29 is 9.47 Å². The van der Waals surface area contributed by atoms with Gasteiger partial charge in [-0.15, -0.1) is 11.3 Å². The maximum Gasteiger partial charge on any atom is 0.259 e. The van der Waals surface area contributed by atoms with Crippen molar-refractivity contribution in [3.8, 4) is 11.5 Å². The van der Waals surface area contributed by atoms with Gasteiger partial charge in [0, 0.05) is 56.4 Å². The molecule has 0 bridgehead atoms. The van der Waals surface area contributed by atoms with Crippen molar-refractivity contribution in [2.24, 2.45) is 0 Å². The van der Waals surface area contributed by atoms with Crippen LogP contribution in [-0.2, 0) is 13.1 Å². The van der Waals surface area contributed by atoms with Crippen LogP contribution in [0.1, 0.15) is 17.0 Å². The van der Waals surface area contributed by atoms with E-state index in [1.54, 1.807) is 10.5 Å². The molecule has 0 spiro atoms. The number of piperazine rings is 1. The number of ether oxygens (including phenoxy) is 2. The third-order valence-corrected chi connectivity index (χ3v) is 6.27. The van der Waals surface area contributed by atoms with Crippen LogP contribution in [0.3, 0.4) is 0 Å². The van der Waals surface area contributed by atoms with Crippen LogP contribution in [0.15, 0.2) is 34.4 Å². The molecule has 0 unspecified atom stereocenters. The second-order valence-corrected chi connectivity index (χ2v) is 8.16. The van der Waals surface area contributed by atoms with E-state index in [4.69, 9.17) is 9.47 Å². The SMILES string of the molecule is Cc1csc2nc(CN3CCN(Cc4ccc5c(c4)OCO5)CC3)cc(=O)n12. The molecule has 2 aliphatic heterocycles. The fraction of sp³-hybridized carbons (Fsp3) is 0.400. The fourth-order valence-corrected chi connectivity index (χ4v) is 4.70. The standard InChI is InChI=1S/C20H22N4O3S/c1-14-12-28-20-21-16(9-19(25)24(14)20)11-23-6-4-22(5-7-23)10-15-2-3-17-18(8-15)27-13-26-17/h2-3,8-9,12H,4-7,10-11,13H2,1H3. The highest BCUT2D eigenvalue weighted by Gasteiger charge is 2.20. The van der Waals surface area contributed by atoms with Crippen LogP contribution in [0, 0.1) is 6.92 Å². The smallest absolute Gasteiger partial charge is 0.259 e. The van der Waals surface area contributed by atoms with Gasteiger partial charge in [-0.3, -0.25) is 19.0 Å². The summed E-state index contributed by atoms with van der Waals surface area (Å²) in [6.07, 6.45) is 0. The Balaban J connectivity index is 1.20. The average Bonchev–Trinajstić information content (AvgIpc) is 3.30. The molecule has 1 fully saturated rings. The van der Waals surface area contributed by atoms with Crippen LogP contribution < -0.4 is 15.0 Å². The molecule has 5 rings (SSSR count). The molecule has 7 nitrogen and oxygen atoms in total. The van der Waals surface area contributed by atoms with Crippen molar-refractivity contribution in [3.05, 3.63) is 57.0 Å². The molecule has 0 atom stereocenters. The number of hydrogen-bond donors (Lipinski definition) is 0. The van der Waals surface area contributed by atoms with Crippen molar-refractivity contribution in [1.29, 1.82) is 0 Å². The van der Waals surface area contributed by atoms with Crippen LogP contribution in [0.25, 0.3) is 4.96 Å². The lowest BCUT2D eigenvalue weighted by Gasteiger charge is -2.34. The van der Waals surface area contributed by atoms with Gasteiger partial charge in [0.15, 0.2) is 16.5 Å². The van der Waals surface area contributed by atoms with Crippen molar-refractivity contribution in [1.82, 2.24) is 19.2 Å². The maximum absolute atomic E-state index is 12.3. The summed E-state index contributed by atoms with van der Waals surface area (Å²) in [7, 11) is 0. The number of aryl methyl sites for hydroxylation is 1. The lowest BCUT2D eigenvalue weighted by Crippen LogP contribution is -2.45. The first-order valence-electron chi connectivity index (χ1n) is 9.46. The zero-order chi connectivity index (χ0) is 19.1. The fourth-order valence-electron chi connectivity index (χ4n) is 3.81. The van der Waals surface area contributed by atoms with Crippen LogP contribution in [0.4, 0.5) is 0 Å². The summed E-state index contributed by atoms with van der Waals surface area (Å²) in [6.45, 7) is 7.80. The Hall–Kier alpha value is -2.42. The highest BCUT2D eigenvalue weighted by Crippen LogP contribution is 2.32. The van der Waals surface area contributed by atoms with E-state index in [9.17, 15) is 4.79 Å². The number of thiazole rings is 1. The minimum absolute atomic E-state index is 0.0141. The van der Waals surface area contributed by atoms with Gasteiger partial charge in [0.2, 0.25) is 6.79 Å². The quantitative estimate of drug-likeness (QED) is 0.671. The number of fused-ring (bicyclic) bond motifs is 2. The van der Waals surface area contributed by atoms with Gasteiger partial charge < -0.3 is 9.47 Å². The number of aromatic nitrogens is 2. The van der Waals surface area contributed by atoms with E-state index >= 15 is 0 Å². The van der Waals surface area contributed by atoms with Crippen molar-refractivity contribution in [3.63, 3.8) is 0 Å². The normalized spacial score (nSPS) is 17.5. The first kappa shape index (κ1) is 17.7. The molecule has 0 radical (unpaired) electrons. The van der Waals surface area contributed by atoms with Gasteiger partial charge in [-0.05, 0) is 24.6 Å². The average molecular weight is 398 g/mol. The van der Waals surface area contributed by atoms with E-state index in [-0.39, 0.29) is 5.56 Å². The molecular formula is C20H22N4O3S. The summed E-state index contributed by atoms with van der Waals surface area (Å²) >= 11 is 1.52. The first-order chi connectivity index (χ1) is 13.7. The van der Waals surface area contributed by atoms with E-state index in [1.807, 2.05) is 18.4 Å². The highest BCUT2D eigenvalue weighted by molar-refractivity contribution is 7.15. The zero-order valence-corrected chi connectivity index (χ0v) is 16.6. The van der Waals surface area contributed by atoms with Gasteiger partial charge in [0.1, 0.15) is 0 Å². The molecular weight excluding hydrogens is 376 g/mol. The van der Waals surface area contributed by atoms with Crippen molar-refractivity contribution >= 4 is 16.3 Å². The molecule has 0 aliphatic carbocycles. The molecule has 2 aliphatic rings. The van der Waals surface area contributed by atoms with E-state index in [0.717, 1.165) is 67.1 Å². The van der Waals surface area contributed by atoms with E-state index < -0.39 is 0 Å². The minimum atomic E-state index is 0.0141. The molecule has 4 heterocycles. The number of benzene rings is 1. The van der Waals surface area contributed by atoms with E-state index in [0.29, 0.717) is 6.79 Å². The highest BCUT2D eigenvalue weighted by atomic mass is 32.1. The number of rotatable bonds is 4. The van der Waals surface area contributed by atoms with Gasteiger partial charge in [-0.25, -0.2) is 4.98 Å². The monoisotopic (exact) mass is 398 g/mol. The largest absolute Gasteiger partial charge is 0.454 e. The Kier molecular flexibility index (Phi) is 4.54. The Morgan fingerprint density at radius 2 is 1.79 bits per heavy atom. The second kappa shape index (κ2) is 7.20. The molecule has 1 aromatic carbocycles. The van der Waals surface area contributed by atoms with Crippen LogP contribution in [0.5, 0.6) is 11.5 Å². The summed E-state index contributed by atoms with van der Waals surface area (Å²) in [5.74, 6) is 1.67. The third kappa shape index (κ3) is 3.39. The molecule has 1 saturated heterocycles. The van der Waals surface area contributed by atoms with Crippen LogP contribution in [-0.4, -0.2) is 52.2 Å². The van der Waals surface area contributed by atoms with E-state index in [1.165, 1.54) is 16.9 Å². The first-order valence-corrected chi connectivity index (χ1v) is 10.3. The molecule has 0 N–H and O–H groups in total. The van der Waals surface area contributed by atoms with Gasteiger partial charge in [0.25, 0.3) is 5.56 Å². The van der Waals surface area contributed by atoms with Gasteiger partial charge in [0.05, 0.1) is 5.69 Å². The summed E-state index contributed by atoms with van der Waals surface area (Å²) < 4.78 is 12.5. The molecule has 8 heteroatoms. The summed E-state index contributed by atoms with van der Waals surface area (Å²) in [6, 6.07) is 7.84. The number of nitrogens with zero attached hydrogens (tertiary/aromatic N) is 4. The van der Waals surface area contributed by atoms with Gasteiger partial charge >= 0.3 is 0 Å². The van der Waals surface area contributed by atoms with Crippen molar-refractivity contribution in [2.75, 3.05) is 33.0 Å². The lowest BCUT2D eigenvalue weighted by molar-refractivity contribution is 0.121. The minimum Gasteiger partial charge on any atom is -0.454 e. The maximum atomic E-state index is 12.3. The predicted molar refractivity (Wildman–Crippen MR) is 107 cm³/mol. The Bertz CT molecular complexity index is 1070. The molecule has 0 amide bonds. The summed E-state index contributed by atoms with van der Waals surface area (Å²) in [5, 5.41) is 1.97. The Morgan fingerprint density at radius 1 is 1.04 bits per heavy atom. The van der Waals surface area contributed by atoms with Gasteiger partial charge in [-0.1, -0.05) is 6.07 Å². The molecule has 28 heavy (non-hydrogen) atoms. The Labute approximate surface area is 166 Å². The summed E-state index contributed by atoms with van der Waals surface area (Å²) in [5.41, 5.74) is 3.06. The number of hydrogen-bond acceptors (Lipinski definition) is 7. The molecule has 3 aromatic rings. The van der Waals surface area contributed by atoms with Crippen LogP contribution >= 0.6 is 11.3 Å². The molecule has 2 aromatic heterocycles. The third-order valence-electron chi connectivity index (χ3n) is 5.32. The van der Waals surface area contributed by atoms with Crippen LogP contribution in [0.2, 0.25) is 0 Å². The molecule has 0 saturated carbocycles. The summed E-state index contributed by atoms with van der Waals surface area (Å²) in [4.78, 5) is 22.6. The second-order valence-electron chi connectivity index (χ2n) is 7.32. The topological polar surface area (TPSA) is 59.3 Å². The van der Waals surface area contributed by atoms with E-state index in [2.05, 4.69) is 26.9 Å². The van der Waals surface area contributed by atoms with Gasteiger partial charge in [-0.2, -0.15) is 0 Å². The molecule has 146 valence electrons. The predicted octanol–water partition coefficient (Wildman–Crippen LogP) is 2.11.